The Morgan fingerprint density at radius 3 is 2.11 bits per heavy atom. The van der Waals surface area contributed by atoms with Gasteiger partial charge in [-0.05, 0) is 85.9 Å². The Morgan fingerprint density at radius 1 is 0.464 bits per heavy atom. The van der Waals surface area contributed by atoms with E-state index in [2.05, 4.69) is 163 Å². The van der Waals surface area contributed by atoms with Crippen LogP contribution in [0.1, 0.15) is 22.9 Å². The minimum Gasteiger partial charge on any atom is -0.456 e. The molecule has 2 aromatic heterocycles. The minimum atomic E-state index is -0.397. The van der Waals surface area contributed by atoms with Crippen LogP contribution in [0.3, 0.4) is 0 Å². The van der Waals surface area contributed by atoms with Crippen molar-refractivity contribution in [2.24, 2.45) is 9.98 Å². The zero-order chi connectivity index (χ0) is 36.7. The van der Waals surface area contributed by atoms with Gasteiger partial charge in [0.25, 0.3) is 0 Å². The maximum atomic E-state index is 6.69. The zero-order valence-corrected chi connectivity index (χ0v) is 30.8. The molecule has 262 valence electrons. The largest absolute Gasteiger partial charge is 0.456 e. The van der Waals surface area contributed by atoms with Crippen LogP contribution in [-0.4, -0.2) is 11.7 Å². The molecule has 0 amide bonds. The Morgan fingerprint density at radius 2 is 1.21 bits per heavy atom. The van der Waals surface area contributed by atoms with E-state index in [4.69, 9.17) is 14.4 Å². The standard InChI is InChI=1S/C51H31N3OS/c1-2-11-32(12-3-1)49-52-50(36-23-22-31-21-20-30-10-6-7-15-37(30)41(31)27-36)54-51(53-49)40-17-8-18-43-47(40)39-25-24-35(28-44(39)55-43)38-16-9-19-45-48(38)42-26-33-13-4-5-14-34(33)29-46(42)56-45/h1-29,51H,(H,52,53,54). The number of rotatable bonds is 4. The summed E-state index contributed by atoms with van der Waals surface area (Å²) < 4.78 is 9.28. The fourth-order valence-corrected chi connectivity index (χ4v) is 9.79. The summed E-state index contributed by atoms with van der Waals surface area (Å²) >= 11 is 1.86. The Labute approximate surface area is 325 Å². The summed E-state index contributed by atoms with van der Waals surface area (Å²) in [5.41, 5.74) is 7.06. The molecule has 1 unspecified atom stereocenters. The maximum Gasteiger partial charge on any atom is 0.159 e. The first-order chi connectivity index (χ1) is 27.7. The van der Waals surface area contributed by atoms with E-state index in [1.807, 2.05) is 29.5 Å². The van der Waals surface area contributed by atoms with E-state index >= 15 is 0 Å². The van der Waals surface area contributed by atoms with Crippen LogP contribution < -0.4 is 5.32 Å². The van der Waals surface area contributed by atoms with Crippen molar-refractivity contribution in [3.63, 3.8) is 0 Å². The van der Waals surface area contributed by atoms with E-state index in [0.29, 0.717) is 5.84 Å². The predicted octanol–water partition coefficient (Wildman–Crippen LogP) is 13.6. The topological polar surface area (TPSA) is 49.9 Å². The molecule has 5 heteroatoms. The van der Waals surface area contributed by atoms with Gasteiger partial charge in [-0.15, -0.1) is 11.3 Å². The summed E-state index contributed by atoms with van der Waals surface area (Å²) in [6, 6.07) is 62.7. The van der Waals surface area contributed by atoms with Gasteiger partial charge in [0.15, 0.2) is 5.84 Å². The SMILES string of the molecule is c1ccc(C2=NC(c3cccc4oc5cc(-c6cccc7sc8cc9ccccc9cc8c67)ccc5c34)NC(c3ccc4ccc5ccccc5c4c3)=N2)cc1. The van der Waals surface area contributed by atoms with Crippen molar-refractivity contribution < 1.29 is 4.42 Å². The molecule has 9 aromatic carbocycles. The summed E-state index contributed by atoms with van der Waals surface area (Å²) in [6.07, 6.45) is -0.397. The molecule has 56 heavy (non-hydrogen) atoms. The van der Waals surface area contributed by atoms with E-state index in [1.165, 1.54) is 58.1 Å². The first kappa shape index (κ1) is 31.3. The smallest absolute Gasteiger partial charge is 0.159 e. The van der Waals surface area contributed by atoms with E-state index < -0.39 is 6.17 Å². The molecule has 12 rings (SSSR count). The first-order valence-corrected chi connectivity index (χ1v) is 19.7. The number of thiophene rings is 1. The molecule has 0 fully saturated rings. The fourth-order valence-electron chi connectivity index (χ4n) is 8.62. The molecular formula is C51H31N3OS. The van der Waals surface area contributed by atoms with Gasteiger partial charge >= 0.3 is 0 Å². The predicted molar refractivity (Wildman–Crippen MR) is 236 cm³/mol. The summed E-state index contributed by atoms with van der Waals surface area (Å²) in [6.45, 7) is 0. The number of nitrogens with one attached hydrogen (secondary N) is 1. The van der Waals surface area contributed by atoms with E-state index in [9.17, 15) is 0 Å². The van der Waals surface area contributed by atoms with Crippen LogP contribution in [0.15, 0.2) is 190 Å². The number of benzene rings is 9. The molecule has 0 aliphatic carbocycles. The third-order valence-corrected chi connectivity index (χ3v) is 12.4. The molecule has 1 aliphatic rings. The van der Waals surface area contributed by atoms with Gasteiger partial charge in [0, 0.05) is 47.6 Å². The molecule has 4 nitrogen and oxygen atoms in total. The number of fused-ring (bicyclic) bond motifs is 10. The van der Waals surface area contributed by atoms with E-state index in [-0.39, 0.29) is 0 Å². The van der Waals surface area contributed by atoms with Gasteiger partial charge in [-0.1, -0.05) is 133 Å². The number of furan rings is 1. The molecule has 0 bridgehead atoms. The second kappa shape index (κ2) is 12.2. The van der Waals surface area contributed by atoms with Crippen LogP contribution in [0.2, 0.25) is 0 Å². The third-order valence-electron chi connectivity index (χ3n) is 11.3. The highest BCUT2D eigenvalue weighted by molar-refractivity contribution is 7.26. The quantitative estimate of drug-likeness (QED) is 0.183. The van der Waals surface area contributed by atoms with Crippen molar-refractivity contribution in [1.82, 2.24) is 5.32 Å². The maximum absolute atomic E-state index is 6.69. The normalized spacial score (nSPS) is 14.6. The lowest BCUT2D eigenvalue weighted by Crippen LogP contribution is -2.33. The van der Waals surface area contributed by atoms with Gasteiger partial charge in [-0.3, -0.25) is 0 Å². The fraction of sp³-hybridized carbons (Fsp3) is 0.0196. The molecule has 0 saturated carbocycles. The highest BCUT2D eigenvalue weighted by Gasteiger charge is 2.25. The van der Waals surface area contributed by atoms with E-state index in [1.54, 1.807) is 0 Å². The molecule has 3 heterocycles. The zero-order valence-electron chi connectivity index (χ0n) is 30.0. The molecule has 1 aliphatic heterocycles. The molecular weight excluding hydrogens is 703 g/mol. The highest BCUT2D eigenvalue weighted by Crippen LogP contribution is 2.43. The van der Waals surface area contributed by atoms with Crippen molar-refractivity contribution in [3.05, 3.63) is 193 Å². The van der Waals surface area contributed by atoms with Crippen molar-refractivity contribution in [1.29, 1.82) is 0 Å². The van der Waals surface area contributed by atoms with Gasteiger partial charge in [0.05, 0.1) is 0 Å². The lowest BCUT2D eigenvalue weighted by Gasteiger charge is -2.24. The summed E-state index contributed by atoms with van der Waals surface area (Å²) in [4.78, 5) is 10.4. The molecule has 1 atom stereocenters. The summed E-state index contributed by atoms with van der Waals surface area (Å²) in [5, 5.41) is 15.8. The molecule has 11 aromatic rings. The summed E-state index contributed by atoms with van der Waals surface area (Å²) in [7, 11) is 0. The second-order valence-corrected chi connectivity index (χ2v) is 15.6. The van der Waals surface area contributed by atoms with Crippen LogP contribution in [0.25, 0.3) is 85.6 Å². The second-order valence-electron chi connectivity index (χ2n) is 14.6. The number of aliphatic imine (C=N–C) groups is 2. The Balaban J connectivity index is 0.995. The lowest BCUT2D eigenvalue weighted by molar-refractivity contribution is 0.662. The lowest BCUT2D eigenvalue weighted by atomic mass is 9.96. The van der Waals surface area contributed by atoms with Gasteiger partial charge in [-0.2, -0.15) is 0 Å². The third kappa shape index (κ3) is 4.91. The monoisotopic (exact) mass is 733 g/mol. The highest BCUT2D eigenvalue weighted by atomic mass is 32.1. The average Bonchev–Trinajstić information content (AvgIpc) is 3.83. The number of nitrogens with zero attached hydrogens (tertiary/aromatic N) is 2. The van der Waals surface area contributed by atoms with E-state index in [0.717, 1.165) is 50.0 Å². The minimum absolute atomic E-state index is 0.397. The Kier molecular flexibility index (Phi) is 6.83. The Bertz CT molecular complexity index is 3460. The van der Waals surface area contributed by atoms with Crippen LogP contribution in [-0.2, 0) is 0 Å². The number of hydrogen-bond acceptors (Lipinski definition) is 5. The van der Waals surface area contributed by atoms with Crippen LogP contribution in [0.5, 0.6) is 0 Å². The van der Waals surface area contributed by atoms with Crippen molar-refractivity contribution >= 4 is 97.4 Å². The molecule has 0 radical (unpaired) electrons. The van der Waals surface area contributed by atoms with Crippen LogP contribution in [0.4, 0.5) is 0 Å². The summed E-state index contributed by atoms with van der Waals surface area (Å²) in [5.74, 6) is 1.48. The first-order valence-electron chi connectivity index (χ1n) is 18.9. The number of hydrogen-bond donors (Lipinski definition) is 1. The number of amidine groups is 2. The van der Waals surface area contributed by atoms with Gasteiger partial charge in [0.2, 0.25) is 0 Å². The van der Waals surface area contributed by atoms with Crippen molar-refractivity contribution in [3.8, 4) is 11.1 Å². The molecule has 1 N–H and O–H groups in total. The molecule has 0 saturated heterocycles. The van der Waals surface area contributed by atoms with Crippen LogP contribution >= 0.6 is 11.3 Å². The van der Waals surface area contributed by atoms with Gasteiger partial charge < -0.3 is 9.73 Å². The van der Waals surface area contributed by atoms with Crippen molar-refractivity contribution in [2.45, 2.75) is 6.17 Å². The van der Waals surface area contributed by atoms with Gasteiger partial charge in [0.1, 0.15) is 23.2 Å². The Hall–Kier alpha value is -7.08. The van der Waals surface area contributed by atoms with Crippen molar-refractivity contribution in [2.75, 3.05) is 0 Å². The molecule has 0 spiro atoms. The van der Waals surface area contributed by atoms with Crippen LogP contribution in [0, 0.1) is 0 Å². The average molecular weight is 734 g/mol. The van der Waals surface area contributed by atoms with Gasteiger partial charge in [-0.25, -0.2) is 9.98 Å².